The summed E-state index contributed by atoms with van der Waals surface area (Å²) in [5, 5.41) is 10.5. The highest BCUT2D eigenvalue weighted by atomic mass is 16.5. The zero-order valence-corrected chi connectivity index (χ0v) is 12.7. The van der Waals surface area contributed by atoms with E-state index in [0.29, 0.717) is 38.2 Å². The van der Waals surface area contributed by atoms with Gasteiger partial charge >= 0.3 is 5.97 Å². The molecule has 1 fully saturated rings. The van der Waals surface area contributed by atoms with Gasteiger partial charge in [-0.05, 0) is 24.7 Å². The Morgan fingerprint density at radius 2 is 1.95 bits per heavy atom. The molecular weight excluding hydrogens is 270 g/mol. The number of hydrogen-bond acceptors (Lipinski definition) is 5. The number of methoxy groups -OCH3 is 1. The summed E-state index contributed by atoms with van der Waals surface area (Å²) in [6, 6.07) is 7.35. The van der Waals surface area contributed by atoms with E-state index in [4.69, 9.17) is 4.74 Å². The molecule has 1 heterocycles. The van der Waals surface area contributed by atoms with E-state index in [1.54, 1.807) is 12.1 Å². The van der Waals surface area contributed by atoms with Crippen LogP contribution >= 0.6 is 0 Å². The highest BCUT2D eigenvalue weighted by molar-refractivity contribution is 5.89. The fourth-order valence-corrected chi connectivity index (χ4v) is 2.64. The van der Waals surface area contributed by atoms with Crippen LogP contribution in [0.1, 0.15) is 28.8 Å². The molecular formula is C16H23NO4. The van der Waals surface area contributed by atoms with Crippen LogP contribution in [0.25, 0.3) is 0 Å². The molecule has 0 aliphatic carbocycles. The van der Waals surface area contributed by atoms with E-state index >= 15 is 0 Å². The van der Waals surface area contributed by atoms with Gasteiger partial charge < -0.3 is 14.6 Å². The number of esters is 1. The number of carbonyl (C=O) groups is 1. The van der Waals surface area contributed by atoms with Crippen LogP contribution in [0.15, 0.2) is 24.3 Å². The molecule has 116 valence electrons. The molecule has 1 saturated heterocycles. The standard InChI is InChI=1S/C16H23NO4/c1-17(12-16(19)7-9-21-10-8-16)11-13-3-5-14(6-4-13)15(18)20-2/h3-6,19H,7-12H2,1-2H3. The maximum absolute atomic E-state index is 11.4. The molecule has 21 heavy (non-hydrogen) atoms. The van der Waals surface area contributed by atoms with Crippen molar-refractivity contribution in [1.29, 1.82) is 0 Å². The number of aliphatic hydroxyl groups is 1. The van der Waals surface area contributed by atoms with Crippen LogP contribution < -0.4 is 0 Å². The summed E-state index contributed by atoms with van der Waals surface area (Å²) >= 11 is 0. The first-order valence-corrected chi connectivity index (χ1v) is 7.18. The van der Waals surface area contributed by atoms with Crippen LogP contribution in [0.5, 0.6) is 0 Å². The Kier molecular flexibility index (Phi) is 5.33. The lowest BCUT2D eigenvalue weighted by atomic mass is 9.94. The summed E-state index contributed by atoms with van der Waals surface area (Å²) in [6.45, 7) is 2.59. The lowest BCUT2D eigenvalue weighted by Gasteiger charge is -2.35. The van der Waals surface area contributed by atoms with Crippen LogP contribution in [0.4, 0.5) is 0 Å². The van der Waals surface area contributed by atoms with E-state index in [0.717, 1.165) is 12.1 Å². The second-order valence-corrected chi connectivity index (χ2v) is 5.70. The van der Waals surface area contributed by atoms with Crippen LogP contribution in [0.2, 0.25) is 0 Å². The molecule has 1 N–H and O–H groups in total. The van der Waals surface area contributed by atoms with Gasteiger partial charge in [0, 0.05) is 39.1 Å². The third kappa shape index (κ3) is 4.52. The summed E-state index contributed by atoms with van der Waals surface area (Å²) in [5.74, 6) is -0.327. The molecule has 5 heteroatoms. The Labute approximate surface area is 125 Å². The normalized spacial score (nSPS) is 17.7. The lowest BCUT2D eigenvalue weighted by Crippen LogP contribution is -2.45. The van der Waals surface area contributed by atoms with Gasteiger partial charge in [-0.25, -0.2) is 4.79 Å². The van der Waals surface area contributed by atoms with Crippen molar-refractivity contribution in [3.8, 4) is 0 Å². The van der Waals surface area contributed by atoms with Crippen molar-refractivity contribution in [2.45, 2.75) is 25.0 Å². The number of benzene rings is 1. The van der Waals surface area contributed by atoms with Crippen molar-refractivity contribution in [3.05, 3.63) is 35.4 Å². The van der Waals surface area contributed by atoms with Crippen LogP contribution in [-0.4, -0.2) is 55.5 Å². The SMILES string of the molecule is COC(=O)c1ccc(CN(C)CC2(O)CCOCC2)cc1. The largest absolute Gasteiger partial charge is 0.465 e. The van der Waals surface area contributed by atoms with Gasteiger partial charge in [0.2, 0.25) is 0 Å². The monoisotopic (exact) mass is 293 g/mol. The first-order chi connectivity index (χ1) is 10.0. The molecule has 0 spiro atoms. The Balaban J connectivity index is 1.90. The van der Waals surface area contributed by atoms with Crippen LogP contribution in [0.3, 0.4) is 0 Å². The van der Waals surface area contributed by atoms with E-state index < -0.39 is 5.60 Å². The quantitative estimate of drug-likeness (QED) is 0.833. The molecule has 0 amide bonds. The van der Waals surface area contributed by atoms with E-state index in [2.05, 4.69) is 9.64 Å². The fraction of sp³-hybridized carbons (Fsp3) is 0.562. The van der Waals surface area contributed by atoms with Crippen molar-refractivity contribution < 1.29 is 19.4 Å². The van der Waals surface area contributed by atoms with Gasteiger partial charge in [0.05, 0.1) is 18.3 Å². The summed E-state index contributed by atoms with van der Waals surface area (Å²) in [4.78, 5) is 13.5. The van der Waals surface area contributed by atoms with Crippen molar-refractivity contribution in [3.63, 3.8) is 0 Å². The number of rotatable bonds is 5. The van der Waals surface area contributed by atoms with E-state index in [-0.39, 0.29) is 5.97 Å². The second-order valence-electron chi connectivity index (χ2n) is 5.70. The van der Waals surface area contributed by atoms with Gasteiger partial charge in [-0.2, -0.15) is 0 Å². The van der Waals surface area contributed by atoms with E-state index in [9.17, 15) is 9.90 Å². The number of likely N-dealkylation sites (N-methyl/N-ethyl adjacent to an activating group) is 1. The number of carbonyl (C=O) groups excluding carboxylic acids is 1. The third-order valence-electron chi connectivity index (χ3n) is 3.82. The molecule has 0 radical (unpaired) electrons. The fourth-order valence-electron chi connectivity index (χ4n) is 2.64. The van der Waals surface area contributed by atoms with Gasteiger partial charge in [0.25, 0.3) is 0 Å². The van der Waals surface area contributed by atoms with Gasteiger partial charge in [-0.3, -0.25) is 4.90 Å². The Hall–Kier alpha value is -1.43. The molecule has 1 aromatic carbocycles. The van der Waals surface area contributed by atoms with Gasteiger partial charge in [-0.15, -0.1) is 0 Å². The molecule has 0 aromatic heterocycles. The average molecular weight is 293 g/mol. The molecule has 0 saturated carbocycles. The molecule has 1 aliphatic heterocycles. The highest BCUT2D eigenvalue weighted by Crippen LogP contribution is 2.22. The molecule has 0 atom stereocenters. The lowest BCUT2D eigenvalue weighted by molar-refractivity contribution is -0.0777. The van der Waals surface area contributed by atoms with E-state index in [1.165, 1.54) is 7.11 Å². The number of nitrogens with zero attached hydrogens (tertiary/aromatic N) is 1. The Morgan fingerprint density at radius 1 is 1.33 bits per heavy atom. The number of hydrogen-bond donors (Lipinski definition) is 1. The van der Waals surface area contributed by atoms with Gasteiger partial charge in [0.15, 0.2) is 0 Å². The molecule has 0 unspecified atom stereocenters. The number of ether oxygens (including phenoxy) is 2. The van der Waals surface area contributed by atoms with Crippen molar-refractivity contribution in [2.75, 3.05) is 33.9 Å². The zero-order chi connectivity index (χ0) is 15.3. The summed E-state index contributed by atoms with van der Waals surface area (Å²) < 4.78 is 9.97. The molecule has 5 nitrogen and oxygen atoms in total. The first-order valence-electron chi connectivity index (χ1n) is 7.18. The van der Waals surface area contributed by atoms with Crippen molar-refractivity contribution in [1.82, 2.24) is 4.90 Å². The minimum atomic E-state index is -0.654. The highest BCUT2D eigenvalue weighted by Gasteiger charge is 2.30. The predicted octanol–water partition coefficient (Wildman–Crippen LogP) is 1.45. The van der Waals surface area contributed by atoms with Gasteiger partial charge in [0.1, 0.15) is 0 Å². The minimum Gasteiger partial charge on any atom is -0.465 e. The smallest absolute Gasteiger partial charge is 0.337 e. The average Bonchev–Trinajstić information content (AvgIpc) is 2.47. The maximum Gasteiger partial charge on any atom is 0.337 e. The molecule has 1 aliphatic rings. The first kappa shape index (κ1) is 15.9. The second kappa shape index (κ2) is 7.02. The Bertz CT molecular complexity index is 466. The zero-order valence-electron chi connectivity index (χ0n) is 12.7. The van der Waals surface area contributed by atoms with Crippen LogP contribution in [-0.2, 0) is 16.0 Å². The Morgan fingerprint density at radius 3 is 2.52 bits per heavy atom. The topological polar surface area (TPSA) is 59.0 Å². The molecule has 2 rings (SSSR count). The van der Waals surface area contributed by atoms with Crippen molar-refractivity contribution in [2.24, 2.45) is 0 Å². The molecule has 1 aromatic rings. The van der Waals surface area contributed by atoms with Crippen molar-refractivity contribution >= 4 is 5.97 Å². The minimum absolute atomic E-state index is 0.327. The predicted molar refractivity (Wildman–Crippen MR) is 79.1 cm³/mol. The molecule has 0 bridgehead atoms. The van der Waals surface area contributed by atoms with Gasteiger partial charge in [-0.1, -0.05) is 12.1 Å². The maximum atomic E-state index is 11.4. The van der Waals surface area contributed by atoms with Crippen LogP contribution in [0, 0.1) is 0 Å². The summed E-state index contributed by atoms with van der Waals surface area (Å²) in [6.07, 6.45) is 1.36. The summed E-state index contributed by atoms with van der Waals surface area (Å²) in [7, 11) is 3.36. The van der Waals surface area contributed by atoms with E-state index in [1.807, 2.05) is 19.2 Å². The summed E-state index contributed by atoms with van der Waals surface area (Å²) in [5.41, 5.74) is 0.992. The third-order valence-corrected chi connectivity index (χ3v) is 3.82.